The van der Waals surface area contributed by atoms with E-state index in [0.29, 0.717) is 24.5 Å². The van der Waals surface area contributed by atoms with E-state index in [1.807, 2.05) is 19.1 Å². The number of rotatable bonds is 6. The molecule has 0 saturated heterocycles. The van der Waals surface area contributed by atoms with Gasteiger partial charge in [-0.25, -0.2) is 9.18 Å². The van der Waals surface area contributed by atoms with E-state index in [4.69, 9.17) is 0 Å². The molecule has 0 bridgehead atoms. The van der Waals surface area contributed by atoms with Crippen molar-refractivity contribution in [2.24, 2.45) is 5.92 Å². The summed E-state index contributed by atoms with van der Waals surface area (Å²) in [6.45, 7) is 3.63. The van der Waals surface area contributed by atoms with Gasteiger partial charge >= 0.3 is 5.69 Å². The summed E-state index contributed by atoms with van der Waals surface area (Å²) in [7, 11) is 0. The molecule has 2 atom stereocenters. The van der Waals surface area contributed by atoms with Crippen molar-refractivity contribution in [1.29, 1.82) is 0 Å². The molecule has 0 unspecified atom stereocenters. The summed E-state index contributed by atoms with van der Waals surface area (Å²) in [5.41, 5.74) is 3.13. The molecule has 1 aromatic carbocycles. The summed E-state index contributed by atoms with van der Waals surface area (Å²) in [6, 6.07) is 6.78. The first-order valence-electron chi connectivity index (χ1n) is 9.52. The van der Waals surface area contributed by atoms with E-state index in [1.54, 1.807) is 6.92 Å². The lowest BCUT2D eigenvalue weighted by Crippen LogP contribution is -2.38. The third-order valence-electron chi connectivity index (χ3n) is 5.47. The van der Waals surface area contributed by atoms with Crippen LogP contribution in [0.4, 0.5) is 4.39 Å². The molecule has 1 fully saturated rings. The van der Waals surface area contributed by atoms with E-state index in [-0.39, 0.29) is 23.5 Å². The minimum atomic E-state index is -0.354. The average Bonchev–Trinajstić information content (AvgIpc) is 3.02. The molecule has 1 saturated carbocycles. The minimum absolute atomic E-state index is 0.0241. The van der Waals surface area contributed by atoms with Gasteiger partial charge in [-0.3, -0.25) is 4.79 Å². The summed E-state index contributed by atoms with van der Waals surface area (Å²) in [6.07, 6.45) is 4.93. The lowest BCUT2D eigenvalue weighted by atomic mass is 9.94. The van der Waals surface area contributed by atoms with Crippen LogP contribution < -0.4 is 11.0 Å². The Morgan fingerprint density at radius 3 is 2.70 bits per heavy atom. The molecule has 1 aromatic heterocycles. The molecule has 27 heavy (non-hydrogen) atoms. The summed E-state index contributed by atoms with van der Waals surface area (Å²) in [5, 5.41) is 3.18. The molecule has 3 rings (SSSR count). The smallest absolute Gasteiger partial charge is 0.345 e. The summed E-state index contributed by atoms with van der Waals surface area (Å²) in [4.78, 5) is 30.4. The Morgan fingerprint density at radius 2 is 2.00 bits per heavy atom. The molecule has 0 radical (unpaired) electrons. The largest absolute Gasteiger partial charge is 0.353 e. The second kappa shape index (κ2) is 8.46. The summed E-state index contributed by atoms with van der Waals surface area (Å²) in [5.74, 6) is 0.186. The maximum Gasteiger partial charge on any atom is 0.345 e. The Kier molecular flexibility index (Phi) is 6.04. The first kappa shape index (κ1) is 19.3. The van der Waals surface area contributed by atoms with Gasteiger partial charge in [0, 0.05) is 23.9 Å². The maximum atomic E-state index is 13.1. The Morgan fingerprint density at radius 1 is 1.26 bits per heavy atom. The maximum absolute atomic E-state index is 13.1. The van der Waals surface area contributed by atoms with E-state index in [1.165, 1.54) is 12.1 Å². The van der Waals surface area contributed by atoms with Crippen molar-refractivity contribution in [3.8, 4) is 0 Å². The van der Waals surface area contributed by atoms with Crippen LogP contribution in [0.1, 0.15) is 48.2 Å². The van der Waals surface area contributed by atoms with Gasteiger partial charge in [0.2, 0.25) is 5.91 Å². The molecular weight excluding hydrogens is 345 g/mol. The highest BCUT2D eigenvalue weighted by molar-refractivity contribution is 5.76. The third kappa shape index (κ3) is 5.02. The number of H-pyrrole nitrogens is 1. The number of carbonyl (C=O) groups excluding carboxylic acids is 1. The Bertz CT molecular complexity index is 834. The number of nitrogens with one attached hydrogen (secondary N) is 2. The molecule has 1 aliphatic carbocycles. The van der Waals surface area contributed by atoms with Gasteiger partial charge in [0.15, 0.2) is 0 Å². The molecule has 2 N–H and O–H groups in total. The standard InChI is InChI=1S/C21H26FN3O2/c1-13-18(14(2)24-21(27)23-13)10-11-20(26)25-19-5-3-4-16(19)12-15-6-8-17(22)9-7-15/h6-9,16,19H,3-5,10-12H2,1-2H3,(H,25,26)(H,23,24,27)/t16-,19-/m1/s1. The highest BCUT2D eigenvalue weighted by Crippen LogP contribution is 2.29. The van der Waals surface area contributed by atoms with Crippen LogP contribution >= 0.6 is 0 Å². The van der Waals surface area contributed by atoms with E-state index >= 15 is 0 Å². The molecular formula is C21H26FN3O2. The number of aromatic amines is 1. The first-order valence-corrected chi connectivity index (χ1v) is 9.52. The van der Waals surface area contributed by atoms with E-state index in [2.05, 4.69) is 15.3 Å². The number of halogens is 1. The lowest BCUT2D eigenvalue weighted by molar-refractivity contribution is -0.122. The predicted molar refractivity (Wildman–Crippen MR) is 102 cm³/mol. The van der Waals surface area contributed by atoms with Crippen molar-refractivity contribution in [3.63, 3.8) is 0 Å². The second-order valence-electron chi connectivity index (χ2n) is 7.43. The van der Waals surface area contributed by atoms with Gasteiger partial charge in [0.05, 0.1) is 0 Å². The van der Waals surface area contributed by atoms with Crippen LogP contribution in [-0.2, 0) is 17.6 Å². The quantitative estimate of drug-likeness (QED) is 0.820. The highest BCUT2D eigenvalue weighted by Gasteiger charge is 2.28. The topological polar surface area (TPSA) is 74.8 Å². The summed E-state index contributed by atoms with van der Waals surface area (Å²) >= 11 is 0. The molecule has 1 aliphatic rings. The van der Waals surface area contributed by atoms with Gasteiger partial charge in [0.1, 0.15) is 5.82 Å². The molecule has 0 spiro atoms. The fraction of sp³-hybridized carbons (Fsp3) is 0.476. The number of aryl methyl sites for hydroxylation is 2. The van der Waals surface area contributed by atoms with Crippen LogP contribution in [0, 0.1) is 25.6 Å². The third-order valence-corrected chi connectivity index (χ3v) is 5.47. The van der Waals surface area contributed by atoms with E-state index in [0.717, 1.165) is 42.5 Å². The van der Waals surface area contributed by atoms with E-state index in [9.17, 15) is 14.0 Å². The van der Waals surface area contributed by atoms with Crippen LogP contribution in [0.25, 0.3) is 0 Å². The number of hydrogen-bond acceptors (Lipinski definition) is 3. The normalized spacial score (nSPS) is 19.2. The summed E-state index contributed by atoms with van der Waals surface area (Å²) < 4.78 is 13.1. The SMILES string of the molecule is Cc1nc(=O)[nH]c(C)c1CCC(=O)N[C@@H]1CCC[C@@H]1Cc1ccc(F)cc1. The van der Waals surface area contributed by atoms with Gasteiger partial charge in [0.25, 0.3) is 0 Å². The lowest BCUT2D eigenvalue weighted by Gasteiger charge is -2.21. The Labute approximate surface area is 158 Å². The fourth-order valence-corrected chi connectivity index (χ4v) is 4.04. The number of aromatic nitrogens is 2. The Balaban J connectivity index is 1.55. The minimum Gasteiger partial charge on any atom is -0.353 e. The van der Waals surface area contributed by atoms with Crippen LogP contribution in [-0.4, -0.2) is 21.9 Å². The molecule has 1 amide bonds. The zero-order valence-electron chi connectivity index (χ0n) is 15.8. The number of carbonyl (C=O) groups is 1. The van der Waals surface area contributed by atoms with Crippen molar-refractivity contribution >= 4 is 5.91 Å². The van der Waals surface area contributed by atoms with Gasteiger partial charge < -0.3 is 10.3 Å². The molecule has 144 valence electrons. The Hall–Kier alpha value is -2.50. The molecule has 2 aromatic rings. The highest BCUT2D eigenvalue weighted by atomic mass is 19.1. The number of nitrogens with zero attached hydrogens (tertiary/aromatic N) is 1. The molecule has 5 nitrogen and oxygen atoms in total. The monoisotopic (exact) mass is 371 g/mol. The van der Waals surface area contributed by atoms with Crippen molar-refractivity contribution < 1.29 is 9.18 Å². The van der Waals surface area contributed by atoms with Gasteiger partial charge in [-0.15, -0.1) is 0 Å². The molecule has 6 heteroatoms. The van der Waals surface area contributed by atoms with Gasteiger partial charge in [-0.2, -0.15) is 4.98 Å². The zero-order chi connectivity index (χ0) is 19.4. The predicted octanol–water partition coefficient (Wildman–Crippen LogP) is 2.99. The van der Waals surface area contributed by atoms with Crippen LogP contribution in [0.3, 0.4) is 0 Å². The van der Waals surface area contributed by atoms with Crippen molar-refractivity contribution in [3.05, 3.63) is 63.1 Å². The first-order chi connectivity index (χ1) is 12.9. The number of hydrogen-bond donors (Lipinski definition) is 2. The average molecular weight is 371 g/mol. The fourth-order valence-electron chi connectivity index (χ4n) is 4.04. The zero-order valence-corrected chi connectivity index (χ0v) is 15.8. The van der Waals surface area contributed by atoms with Crippen molar-refractivity contribution in [2.45, 2.75) is 58.4 Å². The number of benzene rings is 1. The molecule has 0 aliphatic heterocycles. The van der Waals surface area contributed by atoms with E-state index < -0.39 is 0 Å². The van der Waals surface area contributed by atoms with Crippen LogP contribution in [0.15, 0.2) is 29.1 Å². The van der Waals surface area contributed by atoms with Gasteiger partial charge in [-0.1, -0.05) is 18.6 Å². The van der Waals surface area contributed by atoms with Crippen LogP contribution in [0.2, 0.25) is 0 Å². The van der Waals surface area contributed by atoms with Gasteiger partial charge in [-0.05, 0) is 68.7 Å². The van der Waals surface area contributed by atoms with Crippen molar-refractivity contribution in [1.82, 2.24) is 15.3 Å². The van der Waals surface area contributed by atoms with Crippen molar-refractivity contribution in [2.75, 3.05) is 0 Å². The molecule has 1 heterocycles. The second-order valence-corrected chi connectivity index (χ2v) is 7.43. The van der Waals surface area contributed by atoms with Crippen LogP contribution in [0.5, 0.6) is 0 Å². The number of amides is 1.